The molecule has 0 N–H and O–H groups in total. The van der Waals surface area contributed by atoms with Gasteiger partial charge in [-0.2, -0.15) is 4.98 Å². The summed E-state index contributed by atoms with van der Waals surface area (Å²) >= 11 is 7.12. The zero-order valence-corrected chi connectivity index (χ0v) is 13.1. The maximum absolute atomic E-state index is 11.9. The fourth-order valence-corrected chi connectivity index (χ4v) is 2.85. The molecule has 1 aromatic carbocycles. The lowest BCUT2D eigenvalue weighted by molar-refractivity contribution is -0.384. The Labute approximate surface area is 139 Å². The number of hydrogen-bond donors (Lipinski definition) is 0. The summed E-state index contributed by atoms with van der Waals surface area (Å²) in [5.41, 5.74) is 0.917. The van der Waals surface area contributed by atoms with Crippen molar-refractivity contribution in [3.63, 3.8) is 0 Å². The second-order valence-corrected chi connectivity index (χ2v) is 5.96. The highest BCUT2D eigenvalue weighted by molar-refractivity contribution is 7.98. The molecule has 0 amide bonds. The van der Waals surface area contributed by atoms with E-state index in [0.29, 0.717) is 21.6 Å². The molecule has 3 rings (SSSR count). The van der Waals surface area contributed by atoms with Crippen LogP contribution in [0.15, 0.2) is 52.5 Å². The molecule has 0 bridgehead atoms. The molecular weight excluding hydrogens is 340 g/mol. The van der Waals surface area contributed by atoms with E-state index in [0.717, 1.165) is 5.56 Å². The molecule has 0 atom stereocenters. The average molecular weight is 349 g/mol. The first-order valence-corrected chi connectivity index (χ1v) is 7.81. The molecule has 0 saturated heterocycles. The molecule has 0 aliphatic heterocycles. The van der Waals surface area contributed by atoms with Gasteiger partial charge < -0.3 is 0 Å². The van der Waals surface area contributed by atoms with E-state index in [1.54, 1.807) is 24.3 Å². The van der Waals surface area contributed by atoms with E-state index in [1.807, 2.05) is 0 Å². The van der Waals surface area contributed by atoms with Crippen molar-refractivity contribution >= 4 is 34.7 Å². The van der Waals surface area contributed by atoms with Crippen LogP contribution in [-0.2, 0) is 5.75 Å². The zero-order valence-electron chi connectivity index (χ0n) is 11.5. The number of halogens is 1. The van der Waals surface area contributed by atoms with Crippen molar-refractivity contribution < 1.29 is 4.92 Å². The summed E-state index contributed by atoms with van der Waals surface area (Å²) in [6, 6.07) is 9.50. The van der Waals surface area contributed by atoms with Gasteiger partial charge in [0.05, 0.1) is 9.95 Å². The topological polar surface area (TPSA) is 90.4 Å². The van der Waals surface area contributed by atoms with Crippen molar-refractivity contribution in [1.29, 1.82) is 0 Å². The molecule has 0 spiro atoms. The predicted molar refractivity (Wildman–Crippen MR) is 86.9 cm³/mol. The van der Waals surface area contributed by atoms with Gasteiger partial charge in [-0.05, 0) is 17.7 Å². The van der Waals surface area contributed by atoms with Crippen molar-refractivity contribution in [3.8, 4) is 0 Å². The molecule has 0 radical (unpaired) electrons. The third kappa shape index (κ3) is 3.49. The quantitative estimate of drug-likeness (QED) is 0.409. The lowest BCUT2D eigenvalue weighted by atomic mass is 10.2. The Bertz CT molecular complexity index is 943. The van der Waals surface area contributed by atoms with Crippen LogP contribution < -0.4 is 5.69 Å². The van der Waals surface area contributed by atoms with Crippen molar-refractivity contribution in [2.24, 2.45) is 0 Å². The number of nitro groups is 1. The lowest BCUT2D eigenvalue weighted by Crippen LogP contribution is -2.18. The normalized spacial score (nSPS) is 10.8. The van der Waals surface area contributed by atoms with Crippen LogP contribution in [0.2, 0.25) is 5.02 Å². The van der Waals surface area contributed by atoms with Crippen molar-refractivity contribution in [2.45, 2.75) is 10.9 Å². The largest absolute Gasteiger partial charge is 0.355 e. The molecule has 0 fully saturated rings. The summed E-state index contributed by atoms with van der Waals surface area (Å²) in [6.45, 7) is 0. The van der Waals surface area contributed by atoms with E-state index >= 15 is 0 Å². The van der Waals surface area contributed by atoms with Crippen LogP contribution in [0, 0.1) is 10.1 Å². The van der Waals surface area contributed by atoms with Crippen LogP contribution in [0.25, 0.3) is 5.65 Å². The number of benzene rings is 1. The molecule has 0 unspecified atom stereocenters. The molecule has 23 heavy (non-hydrogen) atoms. The summed E-state index contributed by atoms with van der Waals surface area (Å²) < 4.78 is 1.28. The SMILES string of the molecule is O=c1nc(SCc2ccc([N+](=O)[O-])cc2)nc2ccc(Cl)cn12. The Morgan fingerprint density at radius 3 is 2.61 bits per heavy atom. The van der Waals surface area contributed by atoms with E-state index in [9.17, 15) is 14.9 Å². The van der Waals surface area contributed by atoms with Gasteiger partial charge in [0.2, 0.25) is 0 Å². The number of pyridine rings is 1. The minimum Gasteiger partial charge on any atom is -0.258 e. The van der Waals surface area contributed by atoms with E-state index in [2.05, 4.69) is 9.97 Å². The van der Waals surface area contributed by atoms with E-state index < -0.39 is 10.6 Å². The van der Waals surface area contributed by atoms with Crippen LogP contribution >= 0.6 is 23.4 Å². The number of nitrogens with zero attached hydrogens (tertiary/aromatic N) is 4. The number of rotatable bonds is 4. The zero-order chi connectivity index (χ0) is 16.4. The molecular formula is C14H9ClN4O3S. The second kappa shape index (κ2) is 6.35. The first kappa shape index (κ1) is 15.4. The smallest absolute Gasteiger partial charge is 0.258 e. The van der Waals surface area contributed by atoms with Crippen LogP contribution in [0.4, 0.5) is 5.69 Å². The van der Waals surface area contributed by atoms with Gasteiger partial charge in [0.15, 0.2) is 5.16 Å². The van der Waals surface area contributed by atoms with Gasteiger partial charge in [0.25, 0.3) is 5.69 Å². The Kier molecular flexibility index (Phi) is 4.26. The van der Waals surface area contributed by atoms with Crippen molar-refractivity contribution in [2.75, 3.05) is 0 Å². The Hall–Kier alpha value is -2.45. The highest BCUT2D eigenvalue weighted by atomic mass is 35.5. The molecule has 9 heteroatoms. The van der Waals surface area contributed by atoms with Crippen LogP contribution in [-0.4, -0.2) is 19.3 Å². The van der Waals surface area contributed by atoms with Gasteiger partial charge in [-0.1, -0.05) is 35.5 Å². The fraction of sp³-hybridized carbons (Fsp3) is 0.0714. The monoisotopic (exact) mass is 348 g/mol. The Morgan fingerprint density at radius 1 is 1.17 bits per heavy atom. The summed E-state index contributed by atoms with van der Waals surface area (Å²) in [4.78, 5) is 30.3. The highest BCUT2D eigenvalue weighted by Crippen LogP contribution is 2.21. The summed E-state index contributed by atoms with van der Waals surface area (Å²) in [5.74, 6) is 0.501. The summed E-state index contributed by atoms with van der Waals surface area (Å²) in [7, 11) is 0. The minimum atomic E-state index is -0.455. The van der Waals surface area contributed by atoms with Gasteiger partial charge in [0.1, 0.15) is 5.65 Å². The number of hydrogen-bond acceptors (Lipinski definition) is 6. The van der Waals surface area contributed by atoms with E-state index in [-0.39, 0.29) is 5.69 Å². The third-order valence-electron chi connectivity index (χ3n) is 3.01. The van der Waals surface area contributed by atoms with Gasteiger partial charge in [-0.15, -0.1) is 0 Å². The molecule has 3 aromatic rings. The number of aromatic nitrogens is 3. The maximum Gasteiger partial charge on any atom is 0.355 e. The molecule has 2 aromatic heterocycles. The lowest BCUT2D eigenvalue weighted by Gasteiger charge is -2.03. The highest BCUT2D eigenvalue weighted by Gasteiger charge is 2.07. The van der Waals surface area contributed by atoms with Crippen molar-refractivity contribution in [3.05, 3.63) is 73.8 Å². The fourth-order valence-electron chi connectivity index (χ4n) is 1.90. The standard InChI is InChI=1S/C14H9ClN4O3S/c15-10-3-6-12-16-13(17-14(20)18(12)7-10)23-8-9-1-4-11(5-2-9)19(21)22/h1-7H,8H2. The summed E-state index contributed by atoms with van der Waals surface area (Å²) in [5, 5.41) is 11.4. The van der Waals surface area contributed by atoms with Gasteiger partial charge in [-0.3, -0.25) is 10.1 Å². The maximum atomic E-state index is 11.9. The van der Waals surface area contributed by atoms with Crippen molar-refractivity contribution in [1.82, 2.24) is 14.4 Å². The second-order valence-electron chi connectivity index (χ2n) is 4.58. The molecule has 116 valence electrons. The van der Waals surface area contributed by atoms with Crippen LogP contribution in [0.1, 0.15) is 5.56 Å². The third-order valence-corrected chi connectivity index (χ3v) is 4.16. The summed E-state index contributed by atoms with van der Waals surface area (Å²) in [6.07, 6.45) is 1.46. The molecule has 2 heterocycles. The number of non-ortho nitro benzene ring substituents is 1. The minimum absolute atomic E-state index is 0.0378. The van der Waals surface area contributed by atoms with Gasteiger partial charge in [-0.25, -0.2) is 14.2 Å². The molecule has 7 nitrogen and oxygen atoms in total. The first-order valence-electron chi connectivity index (χ1n) is 6.45. The van der Waals surface area contributed by atoms with Crippen LogP contribution in [0.5, 0.6) is 0 Å². The van der Waals surface area contributed by atoms with Gasteiger partial charge >= 0.3 is 5.69 Å². The molecule has 0 aliphatic carbocycles. The van der Waals surface area contributed by atoms with E-state index in [4.69, 9.17) is 11.6 Å². The van der Waals surface area contributed by atoms with Crippen LogP contribution in [0.3, 0.4) is 0 Å². The Balaban J connectivity index is 1.80. The number of nitro benzene ring substituents is 1. The number of thioether (sulfide) groups is 1. The first-order chi connectivity index (χ1) is 11.0. The predicted octanol–water partition coefficient (Wildman–Crippen LogP) is 2.94. The average Bonchev–Trinajstić information content (AvgIpc) is 2.54. The van der Waals surface area contributed by atoms with Gasteiger partial charge in [0, 0.05) is 24.1 Å². The molecule has 0 aliphatic rings. The van der Waals surface area contributed by atoms with E-state index in [1.165, 1.54) is 34.5 Å². The Morgan fingerprint density at radius 2 is 1.91 bits per heavy atom. The molecule has 0 saturated carbocycles. The number of fused-ring (bicyclic) bond motifs is 1.